The van der Waals surface area contributed by atoms with Gasteiger partial charge >= 0.3 is 0 Å². The van der Waals surface area contributed by atoms with Crippen LogP contribution in [0.15, 0.2) is 16.7 Å². The van der Waals surface area contributed by atoms with Crippen molar-refractivity contribution < 1.29 is 4.42 Å². The van der Waals surface area contributed by atoms with E-state index in [0.717, 1.165) is 25.0 Å². The van der Waals surface area contributed by atoms with Crippen LogP contribution in [0.4, 0.5) is 0 Å². The SMILES string of the molecule is CCC[C@H](N)c1ccoc1CC. The Bertz CT molecular complexity index is 229. The predicted molar refractivity (Wildman–Crippen MR) is 49.9 cm³/mol. The molecule has 2 nitrogen and oxygen atoms in total. The molecule has 0 radical (unpaired) electrons. The first-order chi connectivity index (χ1) is 5.79. The molecular formula is C10H17NO. The smallest absolute Gasteiger partial charge is 0.108 e. The van der Waals surface area contributed by atoms with Crippen molar-refractivity contribution in [1.82, 2.24) is 0 Å². The summed E-state index contributed by atoms with van der Waals surface area (Å²) in [6.45, 7) is 4.23. The fourth-order valence-corrected chi connectivity index (χ4v) is 1.43. The predicted octanol–water partition coefficient (Wildman–Crippen LogP) is 2.64. The van der Waals surface area contributed by atoms with E-state index < -0.39 is 0 Å². The standard InChI is InChI=1S/C10H17NO/c1-3-5-9(11)8-6-7-12-10(8)4-2/h6-7,9H,3-5,11H2,1-2H3/t9-/m0/s1. The molecule has 0 aliphatic rings. The Balaban J connectivity index is 2.71. The van der Waals surface area contributed by atoms with Crippen molar-refractivity contribution in [3.8, 4) is 0 Å². The van der Waals surface area contributed by atoms with Crippen molar-refractivity contribution in [3.05, 3.63) is 23.7 Å². The van der Waals surface area contributed by atoms with Crippen molar-refractivity contribution in [3.63, 3.8) is 0 Å². The second kappa shape index (κ2) is 4.31. The zero-order chi connectivity index (χ0) is 8.97. The highest BCUT2D eigenvalue weighted by Gasteiger charge is 2.11. The molecule has 0 fully saturated rings. The second-order valence-electron chi connectivity index (χ2n) is 3.05. The van der Waals surface area contributed by atoms with Gasteiger partial charge in [0.25, 0.3) is 0 Å². The summed E-state index contributed by atoms with van der Waals surface area (Å²) in [7, 11) is 0. The number of aryl methyl sites for hydroxylation is 1. The highest BCUT2D eigenvalue weighted by molar-refractivity contribution is 5.20. The van der Waals surface area contributed by atoms with E-state index in [1.165, 1.54) is 5.56 Å². The van der Waals surface area contributed by atoms with Crippen LogP contribution < -0.4 is 5.73 Å². The quantitative estimate of drug-likeness (QED) is 0.748. The topological polar surface area (TPSA) is 39.2 Å². The van der Waals surface area contributed by atoms with Crippen molar-refractivity contribution in [2.24, 2.45) is 5.73 Å². The van der Waals surface area contributed by atoms with Gasteiger partial charge in [0.1, 0.15) is 5.76 Å². The maximum absolute atomic E-state index is 5.97. The van der Waals surface area contributed by atoms with Gasteiger partial charge in [0, 0.05) is 18.0 Å². The summed E-state index contributed by atoms with van der Waals surface area (Å²) in [5, 5.41) is 0. The first-order valence-corrected chi connectivity index (χ1v) is 4.61. The molecular weight excluding hydrogens is 150 g/mol. The molecule has 0 saturated carbocycles. The normalized spacial score (nSPS) is 13.2. The Morgan fingerprint density at radius 1 is 1.50 bits per heavy atom. The molecule has 0 saturated heterocycles. The van der Waals surface area contributed by atoms with E-state index in [-0.39, 0.29) is 6.04 Å². The van der Waals surface area contributed by atoms with Crippen LogP contribution in [0.25, 0.3) is 0 Å². The van der Waals surface area contributed by atoms with Crippen LogP contribution in [0.1, 0.15) is 44.1 Å². The summed E-state index contributed by atoms with van der Waals surface area (Å²) in [5.41, 5.74) is 7.15. The van der Waals surface area contributed by atoms with Gasteiger partial charge in [0.2, 0.25) is 0 Å². The van der Waals surface area contributed by atoms with Crippen LogP contribution in [0.5, 0.6) is 0 Å². The molecule has 12 heavy (non-hydrogen) atoms. The van der Waals surface area contributed by atoms with E-state index in [2.05, 4.69) is 13.8 Å². The van der Waals surface area contributed by atoms with E-state index in [4.69, 9.17) is 10.2 Å². The molecule has 1 aromatic heterocycles. The van der Waals surface area contributed by atoms with E-state index in [1.54, 1.807) is 6.26 Å². The van der Waals surface area contributed by atoms with Crippen LogP contribution in [0.2, 0.25) is 0 Å². The van der Waals surface area contributed by atoms with Crippen LogP contribution in [-0.2, 0) is 6.42 Å². The molecule has 68 valence electrons. The molecule has 0 aromatic carbocycles. The first-order valence-electron chi connectivity index (χ1n) is 4.61. The Labute approximate surface area is 73.8 Å². The van der Waals surface area contributed by atoms with Gasteiger partial charge in [-0.1, -0.05) is 20.3 Å². The fraction of sp³-hybridized carbons (Fsp3) is 0.600. The summed E-state index contributed by atoms with van der Waals surface area (Å²) in [6, 6.07) is 2.14. The molecule has 0 bridgehead atoms. The first kappa shape index (κ1) is 9.33. The van der Waals surface area contributed by atoms with E-state index >= 15 is 0 Å². The Hall–Kier alpha value is -0.760. The molecule has 0 aliphatic heterocycles. The van der Waals surface area contributed by atoms with Gasteiger partial charge < -0.3 is 10.2 Å². The second-order valence-corrected chi connectivity index (χ2v) is 3.05. The van der Waals surface area contributed by atoms with E-state index in [9.17, 15) is 0 Å². The zero-order valence-corrected chi connectivity index (χ0v) is 7.84. The average Bonchev–Trinajstić information content (AvgIpc) is 2.51. The van der Waals surface area contributed by atoms with Gasteiger partial charge in [-0.05, 0) is 12.5 Å². The molecule has 0 amide bonds. The van der Waals surface area contributed by atoms with Crippen molar-refractivity contribution >= 4 is 0 Å². The minimum absolute atomic E-state index is 0.156. The molecule has 0 unspecified atom stereocenters. The van der Waals surface area contributed by atoms with Crippen LogP contribution in [-0.4, -0.2) is 0 Å². The molecule has 2 heteroatoms. The lowest BCUT2D eigenvalue weighted by molar-refractivity contribution is 0.502. The lowest BCUT2D eigenvalue weighted by atomic mass is 10.0. The van der Waals surface area contributed by atoms with E-state index in [1.807, 2.05) is 6.07 Å². The van der Waals surface area contributed by atoms with Crippen molar-refractivity contribution in [2.75, 3.05) is 0 Å². The fourth-order valence-electron chi connectivity index (χ4n) is 1.43. The van der Waals surface area contributed by atoms with Crippen LogP contribution in [0.3, 0.4) is 0 Å². The Morgan fingerprint density at radius 3 is 2.83 bits per heavy atom. The molecule has 0 aliphatic carbocycles. The van der Waals surface area contributed by atoms with Crippen LogP contribution >= 0.6 is 0 Å². The third-order valence-corrected chi connectivity index (χ3v) is 2.10. The van der Waals surface area contributed by atoms with Gasteiger partial charge in [0.15, 0.2) is 0 Å². The summed E-state index contributed by atoms with van der Waals surface area (Å²) >= 11 is 0. The van der Waals surface area contributed by atoms with Crippen molar-refractivity contribution in [1.29, 1.82) is 0 Å². The van der Waals surface area contributed by atoms with E-state index in [0.29, 0.717) is 0 Å². The molecule has 2 N–H and O–H groups in total. The lowest BCUT2D eigenvalue weighted by Gasteiger charge is -2.08. The zero-order valence-electron chi connectivity index (χ0n) is 7.84. The minimum Gasteiger partial charge on any atom is -0.469 e. The monoisotopic (exact) mass is 167 g/mol. The van der Waals surface area contributed by atoms with Gasteiger partial charge in [0.05, 0.1) is 6.26 Å². The van der Waals surface area contributed by atoms with Gasteiger partial charge in [-0.2, -0.15) is 0 Å². The number of furan rings is 1. The maximum Gasteiger partial charge on any atom is 0.108 e. The van der Waals surface area contributed by atoms with Gasteiger partial charge in [-0.15, -0.1) is 0 Å². The maximum atomic E-state index is 5.97. The third-order valence-electron chi connectivity index (χ3n) is 2.10. The molecule has 1 rings (SSSR count). The minimum atomic E-state index is 0.156. The highest BCUT2D eigenvalue weighted by atomic mass is 16.3. The van der Waals surface area contributed by atoms with Gasteiger partial charge in [-0.25, -0.2) is 0 Å². The summed E-state index contributed by atoms with van der Waals surface area (Å²) in [4.78, 5) is 0. The Morgan fingerprint density at radius 2 is 2.25 bits per heavy atom. The molecule has 1 heterocycles. The number of rotatable bonds is 4. The summed E-state index contributed by atoms with van der Waals surface area (Å²) in [5.74, 6) is 1.04. The molecule has 1 atom stereocenters. The highest BCUT2D eigenvalue weighted by Crippen LogP contribution is 2.21. The third kappa shape index (κ3) is 1.89. The number of hydrogen-bond donors (Lipinski definition) is 1. The Kier molecular flexibility index (Phi) is 3.35. The largest absolute Gasteiger partial charge is 0.469 e. The summed E-state index contributed by atoms with van der Waals surface area (Å²) in [6.07, 6.45) is 4.81. The molecule has 1 aromatic rings. The molecule has 0 spiro atoms. The average molecular weight is 167 g/mol. The van der Waals surface area contributed by atoms with Gasteiger partial charge in [-0.3, -0.25) is 0 Å². The number of hydrogen-bond acceptors (Lipinski definition) is 2. The van der Waals surface area contributed by atoms with Crippen LogP contribution in [0, 0.1) is 0 Å². The number of nitrogens with two attached hydrogens (primary N) is 1. The summed E-state index contributed by atoms with van der Waals surface area (Å²) < 4.78 is 5.30. The van der Waals surface area contributed by atoms with Crippen molar-refractivity contribution in [2.45, 2.75) is 39.2 Å². The lowest BCUT2D eigenvalue weighted by Crippen LogP contribution is -2.10.